The van der Waals surface area contributed by atoms with Crippen molar-refractivity contribution in [2.45, 2.75) is 64.7 Å². The summed E-state index contributed by atoms with van der Waals surface area (Å²) < 4.78 is 38.9. The van der Waals surface area contributed by atoms with E-state index in [0.717, 1.165) is 10.6 Å². The van der Waals surface area contributed by atoms with E-state index >= 15 is 0 Å². The van der Waals surface area contributed by atoms with Gasteiger partial charge in [0, 0.05) is 47.1 Å². The molecule has 3 rings (SSSR count). The second-order valence-corrected chi connectivity index (χ2v) is 11.3. The quantitative estimate of drug-likeness (QED) is 0.128. The molecule has 0 radical (unpaired) electrons. The molecule has 1 aliphatic heterocycles. The Morgan fingerprint density at radius 1 is 1.16 bits per heavy atom. The first kappa shape index (κ1) is 34.5. The van der Waals surface area contributed by atoms with Crippen molar-refractivity contribution in [2.24, 2.45) is 17.5 Å². The van der Waals surface area contributed by atoms with Crippen molar-refractivity contribution in [3.05, 3.63) is 76.6 Å². The molecule has 0 saturated carbocycles. The monoisotopic (exact) mass is 634 g/mol. The van der Waals surface area contributed by atoms with Crippen molar-refractivity contribution in [1.29, 1.82) is 0 Å². The number of benzene rings is 2. The van der Waals surface area contributed by atoms with Crippen molar-refractivity contribution in [1.82, 2.24) is 10.2 Å². The van der Waals surface area contributed by atoms with Crippen molar-refractivity contribution in [3.63, 3.8) is 0 Å². The van der Waals surface area contributed by atoms with Crippen LogP contribution >= 0.6 is 11.6 Å². The van der Waals surface area contributed by atoms with Crippen LogP contribution in [0.1, 0.15) is 63.6 Å². The highest BCUT2D eigenvalue weighted by atomic mass is 35.5. The van der Waals surface area contributed by atoms with Gasteiger partial charge in [-0.15, -0.1) is 0 Å². The molecule has 2 aromatic carbocycles. The molecule has 44 heavy (non-hydrogen) atoms. The van der Waals surface area contributed by atoms with Crippen LogP contribution in [0.4, 0.5) is 24.5 Å². The number of halogens is 4. The molecule has 2 aromatic rings. The fourth-order valence-electron chi connectivity index (χ4n) is 5.03. The summed E-state index contributed by atoms with van der Waals surface area (Å²) in [6.45, 7) is 6.01. The zero-order chi connectivity index (χ0) is 32.6. The van der Waals surface area contributed by atoms with Gasteiger partial charge in [0.05, 0.1) is 11.7 Å². The number of hydrogen-bond acceptors (Lipinski definition) is 6. The van der Waals surface area contributed by atoms with Gasteiger partial charge in [0.25, 0.3) is 0 Å². The number of carbonyl (C=O) groups is 3. The van der Waals surface area contributed by atoms with Crippen LogP contribution in [0.3, 0.4) is 0 Å². The molecule has 3 unspecified atom stereocenters. The third-order valence-electron chi connectivity index (χ3n) is 7.63. The van der Waals surface area contributed by atoms with Crippen LogP contribution in [-0.2, 0) is 14.4 Å². The van der Waals surface area contributed by atoms with Gasteiger partial charge in [-0.2, -0.15) is 13.2 Å². The Balaban J connectivity index is 1.61. The maximum absolute atomic E-state index is 13.1. The third-order valence-corrected chi connectivity index (χ3v) is 7.87. The number of allylic oxidation sites excluding steroid dienone is 1. The maximum Gasteiger partial charge on any atom is 0.432 e. The summed E-state index contributed by atoms with van der Waals surface area (Å²) in [5, 5.41) is 6.76. The van der Waals surface area contributed by atoms with Crippen molar-refractivity contribution in [2.75, 3.05) is 16.9 Å². The summed E-state index contributed by atoms with van der Waals surface area (Å²) in [6, 6.07) is 11.4. The van der Waals surface area contributed by atoms with Crippen LogP contribution in [-0.4, -0.2) is 41.9 Å². The Hall–Kier alpha value is -4.03. The van der Waals surface area contributed by atoms with E-state index in [2.05, 4.69) is 10.6 Å². The Bertz CT molecular complexity index is 1410. The lowest BCUT2D eigenvalue weighted by Crippen LogP contribution is -2.40. The number of nitrogens with two attached hydrogens (primary N) is 2. The van der Waals surface area contributed by atoms with E-state index in [-0.39, 0.29) is 35.5 Å². The first-order valence-electron chi connectivity index (χ1n) is 14.2. The molecule has 1 aliphatic rings. The summed E-state index contributed by atoms with van der Waals surface area (Å²) in [4.78, 5) is 38.6. The second kappa shape index (κ2) is 15.1. The van der Waals surface area contributed by atoms with Crippen molar-refractivity contribution < 1.29 is 27.6 Å². The molecule has 0 bridgehead atoms. The standard InChI is InChI=1S/C31H38ClF3N6O3/c1-19(30(44)39-26-10-5-4-9-24(26)21(3)38-18-42)7-6-8-20(2)40-14-13-22(15-29(40)43)25-16-23(32)11-12-27(25)41(37)17-28(36)31(33,34)35/h4-5,9-12,15-21H,6-8,13-14,36-37H2,1-3H3,(H,38,42)(H,39,44)/b28-17-. The molecule has 0 aromatic heterocycles. The normalized spacial score (nSPS) is 16.1. The van der Waals surface area contributed by atoms with Crippen LogP contribution in [0.2, 0.25) is 5.02 Å². The first-order chi connectivity index (χ1) is 20.7. The molecular weight excluding hydrogens is 597 g/mol. The first-order valence-corrected chi connectivity index (χ1v) is 14.6. The number of para-hydroxylation sites is 1. The fraction of sp³-hybridized carbons (Fsp3) is 0.387. The van der Waals surface area contributed by atoms with Gasteiger partial charge < -0.3 is 21.3 Å². The van der Waals surface area contributed by atoms with E-state index in [9.17, 15) is 27.6 Å². The number of hydrazine groups is 1. The number of carbonyl (C=O) groups excluding carboxylic acids is 3. The molecule has 3 amide bonds. The zero-order valence-corrected chi connectivity index (χ0v) is 25.6. The SMILES string of the molecule is CC(CCCC(C)N1CCC(c2cc(Cl)ccc2N(N)/C=C(\N)C(F)(F)F)=CC1=O)C(=O)Nc1ccccc1C(C)NC=O. The van der Waals surface area contributed by atoms with Gasteiger partial charge in [0.1, 0.15) is 5.70 Å². The van der Waals surface area contributed by atoms with Gasteiger partial charge >= 0.3 is 6.18 Å². The number of amides is 3. The van der Waals surface area contributed by atoms with E-state index in [1.54, 1.807) is 17.0 Å². The maximum atomic E-state index is 13.1. The average molecular weight is 635 g/mol. The largest absolute Gasteiger partial charge is 0.432 e. The van der Waals surface area contributed by atoms with Crippen LogP contribution in [0, 0.1) is 5.92 Å². The minimum absolute atomic E-state index is 0.106. The van der Waals surface area contributed by atoms with Crippen LogP contribution in [0.25, 0.3) is 5.57 Å². The molecule has 238 valence electrons. The Labute approximate surface area is 260 Å². The van der Waals surface area contributed by atoms with Gasteiger partial charge in [-0.3, -0.25) is 19.4 Å². The Kier molecular flexibility index (Phi) is 11.8. The predicted octanol–water partition coefficient (Wildman–Crippen LogP) is 5.64. The minimum Gasteiger partial charge on any atom is -0.393 e. The molecule has 0 aliphatic carbocycles. The molecule has 0 spiro atoms. The van der Waals surface area contributed by atoms with Crippen LogP contribution in [0.15, 0.2) is 60.4 Å². The lowest BCUT2D eigenvalue weighted by Gasteiger charge is -2.33. The summed E-state index contributed by atoms with van der Waals surface area (Å²) in [6.07, 6.45) is 0.323. The van der Waals surface area contributed by atoms with Gasteiger partial charge in [-0.05, 0) is 68.5 Å². The van der Waals surface area contributed by atoms with E-state index in [1.165, 1.54) is 18.2 Å². The fourth-order valence-corrected chi connectivity index (χ4v) is 5.20. The highest BCUT2D eigenvalue weighted by molar-refractivity contribution is 6.31. The molecule has 0 saturated heterocycles. The number of nitrogens with one attached hydrogen (secondary N) is 2. The molecular formula is C31H38ClF3N6O3. The Morgan fingerprint density at radius 3 is 2.52 bits per heavy atom. The summed E-state index contributed by atoms with van der Waals surface area (Å²) in [5.74, 6) is 5.25. The summed E-state index contributed by atoms with van der Waals surface area (Å²) >= 11 is 6.17. The van der Waals surface area contributed by atoms with Crippen LogP contribution < -0.4 is 27.2 Å². The molecule has 9 nitrogen and oxygen atoms in total. The molecule has 6 N–H and O–H groups in total. The zero-order valence-electron chi connectivity index (χ0n) is 24.8. The molecule has 0 fully saturated rings. The van der Waals surface area contributed by atoms with E-state index in [1.807, 2.05) is 39.0 Å². The molecule has 3 atom stereocenters. The number of rotatable bonds is 13. The number of anilines is 2. The van der Waals surface area contributed by atoms with Gasteiger partial charge in [-0.25, -0.2) is 5.84 Å². The van der Waals surface area contributed by atoms with Crippen molar-refractivity contribution in [3.8, 4) is 0 Å². The smallest absolute Gasteiger partial charge is 0.393 e. The molecule has 1 heterocycles. The molecule has 13 heteroatoms. The summed E-state index contributed by atoms with van der Waals surface area (Å²) in [7, 11) is 0. The van der Waals surface area contributed by atoms with E-state index < -0.39 is 11.9 Å². The number of nitrogens with zero attached hydrogens (tertiary/aromatic N) is 2. The van der Waals surface area contributed by atoms with Crippen molar-refractivity contribution >= 4 is 46.8 Å². The highest BCUT2D eigenvalue weighted by Crippen LogP contribution is 2.34. The third kappa shape index (κ3) is 8.99. The van der Waals surface area contributed by atoms with Gasteiger partial charge in [-0.1, -0.05) is 43.1 Å². The van der Waals surface area contributed by atoms with E-state index in [0.29, 0.717) is 66.7 Å². The van der Waals surface area contributed by atoms with Crippen LogP contribution in [0.5, 0.6) is 0 Å². The Morgan fingerprint density at radius 2 is 1.86 bits per heavy atom. The lowest BCUT2D eigenvalue weighted by atomic mass is 9.95. The topological polar surface area (TPSA) is 134 Å². The highest BCUT2D eigenvalue weighted by Gasteiger charge is 2.32. The van der Waals surface area contributed by atoms with Gasteiger partial charge in [0.15, 0.2) is 0 Å². The minimum atomic E-state index is -4.75. The van der Waals surface area contributed by atoms with Gasteiger partial charge in [0.2, 0.25) is 18.2 Å². The number of hydrogen-bond donors (Lipinski definition) is 4. The lowest BCUT2D eigenvalue weighted by molar-refractivity contribution is -0.128. The predicted molar refractivity (Wildman–Crippen MR) is 166 cm³/mol. The van der Waals surface area contributed by atoms with E-state index in [4.69, 9.17) is 23.2 Å². The number of alkyl halides is 3. The second-order valence-electron chi connectivity index (χ2n) is 10.9. The summed E-state index contributed by atoms with van der Waals surface area (Å²) in [5.41, 5.74) is 6.45. The average Bonchev–Trinajstić information content (AvgIpc) is 2.96.